The molecule has 14 nitrogen and oxygen atoms in total. The van der Waals surface area contributed by atoms with E-state index in [1.54, 1.807) is 59.6 Å². The molecule has 0 saturated carbocycles. The van der Waals surface area contributed by atoms with E-state index in [1.165, 1.54) is 26.6 Å². The van der Waals surface area contributed by atoms with Gasteiger partial charge in [-0.1, -0.05) is 54.1 Å². The summed E-state index contributed by atoms with van der Waals surface area (Å²) in [7, 11) is 2.46. The third-order valence-electron chi connectivity index (χ3n) is 7.16. The molecule has 48 heavy (non-hydrogen) atoms. The molecule has 0 aliphatic carbocycles. The minimum Gasteiger partial charge on any atom is -0.468 e. The molecule has 0 fully saturated rings. The lowest BCUT2D eigenvalue weighted by atomic mass is 10.00. The van der Waals surface area contributed by atoms with Crippen molar-refractivity contribution in [2.75, 3.05) is 24.5 Å². The normalized spacial score (nSPS) is 12.8. The van der Waals surface area contributed by atoms with Crippen LogP contribution in [0.4, 0.5) is 16.2 Å². The average molecular weight is 671 g/mol. The molecule has 0 spiro atoms. The van der Waals surface area contributed by atoms with Crippen molar-refractivity contribution in [3.8, 4) is 11.1 Å². The first-order valence-electron chi connectivity index (χ1n) is 14.5. The van der Waals surface area contributed by atoms with Gasteiger partial charge in [0.15, 0.2) is 0 Å². The number of rotatable bonds is 11. The number of esters is 1. The average Bonchev–Trinajstić information content (AvgIpc) is 3.64. The molecule has 0 radical (unpaired) electrons. The van der Waals surface area contributed by atoms with E-state index >= 15 is 0 Å². The number of methoxy groups -OCH3 is 2. The number of ether oxygens (including phenoxy) is 2. The highest BCUT2D eigenvalue weighted by molar-refractivity contribution is 6.30. The van der Waals surface area contributed by atoms with Crippen LogP contribution in [0.2, 0.25) is 5.02 Å². The first-order chi connectivity index (χ1) is 23.2. The number of hydrogen-bond acceptors (Lipinski definition) is 11. The van der Waals surface area contributed by atoms with E-state index in [2.05, 4.69) is 36.6 Å². The van der Waals surface area contributed by atoms with E-state index in [0.717, 1.165) is 10.2 Å². The number of nitrogens with one attached hydrogen (secondary N) is 4. The summed E-state index contributed by atoms with van der Waals surface area (Å²) in [6, 6.07) is 22.0. The summed E-state index contributed by atoms with van der Waals surface area (Å²) in [5.41, 5.74) is 8.62. The molecule has 2 amide bonds. The number of benzene rings is 3. The molecular weight excluding hydrogens is 640 g/mol. The van der Waals surface area contributed by atoms with Crippen LogP contribution in [0.25, 0.3) is 17.2 Å². The molecule has 1 aromatic heterocycles. The zero-order valence-electron chi connectivity index (χ0n) is 25.8. The number of hydrazine groups is 2. The van der Waals surface area contributed by atoms with Crippen LogP contribution < -0.4 is 32.3 Å². The second-order valence-electron chi connectivity index (χ2n) is 10.3. The molecule has 0 unspecified atom stereocenters. The third kappa shape index (κ3) is 8.43. The predicted octanol–water partition coefficient (Wildman–Crippen LogP) is 3.80. The third-order valence-corrected chi connectivity index (χ3v) is 7.39. The van der Waals surface area contributed by atoms with Crippen LogP contribution in [-0.4, -0.2) is 48.3 Å². The second kappa shape index (κ2) is 15.5. The Hall–Kier alpha value is -5.99. The summed E-state index contributed by atoms with van der Waals surface area (Å²) in [6.45, 7) is -0.454. The van der Waals surface area contributed by atoms with Crippen molar-refractivity contribution in [3.05, 3.63) is 117 Å². The lowest BCUT2D eigenvalue weighted by Crippen LogP contribution is -2.37. The highest BCUT2D eigenvalue weighted by atomic mass is 35.5. The minimum atomic E-state index is -0.733. The van der Waals surface area contributed by atoms with Crippen LogP contribution in [0.1, 0.15) is 22.9 Å². The summed E-state index contributed by atoms with van der Waals surface area (Å²) >= 11 is 6.25. The van der Waals surface area contributed by atoms with Crippen LogP contribution in [0, 0.1) is 0 Å². The molecule has 4 N–H and O–H groups in total. The van der Waals surface area contributed by atoms with E-state index in [0.29, 0.717) is 39.6 Å². The monoisotopic (exact) mass is 670 g/mol. The summed E-state index contributed by atoms with van der Waals surface area (Å²) < 4.78 is 10.5. The van der Waals surface area contributed by atoms with Crippen molar-refractivity contribution in [1.29, 1.82) is 0 Å². The van der Waals surface area contributed by atoms with Crippen LogP contribution in [0.3, 0.4) is 0 Å². The van der Waals surface area contributed by atoms with E-state index < -0.39 is 36.1 Å². The summed E-state index contributed by atoms with van der Waals surface area (Å²) in [6.07, 6.45) is 4.18. The highest BCUT2D eigenvalue weighted by Crippen LogP contribution is 2.26. The first kappa shape index (κ1) is 33.4. The largest absolute Gasteiger partial charge is 0.468 e. The Kier molecular flexibility index (Phi) is 10.8. The Bertz CT molecular complexity index is 1910. The molecule has 5 rings (SSSR count). The van der Waals surface area contributed by atoms with Gasteiger partial charge in [0.25, 0.3) is 5.56 Å². The maximum atomic E-state index is 13.6. The SMILES string of the molecule is COC(=O)Cn1nc([C@H](Cc2ccccc2)NC(=O)/C=C/c2cc(Cl)ccc2N2C=NNN2)cc(-c2ccc(NC(=O)OC)cc2)c1=O. The van der Waals surface area contributed by atoms with E-state index in [1.807, 2.05) is 30.3 Å². The van der Waals surface area contributed by atoms with Crippen molar-refractivity contribution in [1.82, 2.24) is 26.2 Å². The molecule has 1 atom stereocenters. The Labute approximate surface area is 279 Å². The van der Waals surface area contributed by atoms with Crippen molar-refractivity contribution >= 4 is 53.4 Å². The van der Waals surface area contributed by atoms with Gasteiger partial charge in [-0.2, -0.15) is 10.2 Å². The van der Waals surface area contributed by atoms with Gasteiger partial charge in [-0.25, -0.2) is 20.0 Å². The fourth-order valence-corrected chi connectivity index (χ4v) is 4.98. The molecule has 2 heterocycles. The fraction of sp³-hybridized carbons (Fsp3) is 0.152. The molecule has 3 aromatic carbocycles. The number of hydrazone groups is 1. The van der Waals surface area contributed by atoms with Crippen LogP contribution in [-0.2, 0) is 32.0 Å². The molecule has 0 saturated heterocycles. The zero-order valence-corrected chi connectivity index (χ0v) is 26.6. The lowest BCUT2D eigenvalue weighted by Gasteiger charge is -2.20. The van der Waals surface area contributed by atoms with Gasteiger partial charge in [-0.3, -0.25) is 19.7 Å². The molecule has 0 bridgehead atoms. The maximum absolute atomic E-state index is 13.6. The first-order valence-corrected chi connectivity index (χ1v) is 14.9. The Morgan fingerprint density at radius 2 is 1.77 bits per heavy atom. The number of aromatic nitrogens is 2. The molecular formula is C33H31ClN8O6. The van der Waals surface area contributed by atoms with Crippen molar-refractivity contribution in [3.63, 3.8) is 0 Å². The van der Waals surface area contributed by atoms with Crippen molar-refractivity contribution in [2.45, 2.75) is 19.0 Å². The van der Waals surface area contributed by atoms with E-state index in [9.17, 15) is 19.2 Å². The second-order valence-corrected chi connectivity index (χ2v) is 10.8. The van der Waals surface area contributed by atoms with Crippen molar-refractivity contribution in [2.24, 2.45) is 5.10 Å². The van der Waals surface area contributed by atoms with Gasteiger partial charge in [0, 0.05) is 22.3 Å². The number of nitrogens with zero attached hydrogens (tertiary/aromatic N) is 4. The molecule has 4 aromatic rings. The topological polar surface area (TPSA) is 168 Å². The molecule has 1 aliphatic rings. The minimum absolute atomic E-state index is 0.216. The summed E-state index contributed by atoms with van der Waals surface area (Å²) in [4.78, 5) is 51.0. The van der Waals surface area contributed by atoms with Gasteiger partial charge in [-0.05, 0) is 60.0 Å². The Morgan fingerprint density at radius 3 is 2.46 bits per heavy atom. The van der Waals surface area contributed by atoms with Gasteiger partial charge in [-0.15, -0.1) is 5.53 Å². The van der Waals surface area contributed by atoms with Crippen molar-refractivity contribution < 1.29 is 23.9 Å². The lowest BCUT2D eigenvalue weighted by molar-refractivity contribution is -0.141. The quantitative estimate of drug-likeness (QED) is 0.136. The Balaban J connectivity index is 1.51. The summed E-state index contributed by atoms with van der Waals surface area (Å²) in [5, 5.41) is 16.1. The van der Waals surface area contributed by atoms with Crippen LogP contribution in [0.5, 0.6) is 0 Å². The number of amides is 2. The molecule has 246 valence electrons. The number of anilines is 2. The fourth-order valence-electron chi connectivity index (χ4n) is 4.80. The zero-order chi connectivity index (χ0) is 34.0. The van der Waals surface area contributed by atoms with Gasteiger partial charge in [0.05, 0.1) is 37.2 Å². The van der Waals surface area contributed by atoms with E-state index in [-0.39, 0.29) is 5.56 Å². The number of carbonyl (C=O) groups is 3. The van der Waals surface area contributed by atoms with Crippen LogP contribution in [0.15, 0.2) is 94.8 Å². The standard InChI is InChI=1S/C33H31ClN8O6/c1-47-31(44)19-41-32(45)26(22-8-12-25(13-9-22)36-33(46)48-2)18-28(38-41)27(16-21-6-4-3-5-7-21)37-30(43)15-10-23-17-24(34)11-14-29(23)42-20-35-39-40-42/h3-15,17-18,20,27,39-40H,16,19H2,1-2H3,(H,36,46)(H,37,43)/b15-10+/t27-/m0/s1. The number of carbonyl (C=O) groups excluding carboxylic acids is 3. The summed E-state index contributed by atoms with van der Waals surface area (Å²) in [5.74, 6) is -1.13. The smallest absolute Gasteiger partial charge is 0.411 e. The van der Waals surface area contributed by atoms with Gasteiger partial charge >= 0.3 is 12.1 Å². The van der Waals surface area contributed by atoms with Gasteiger partial charge in [0.2, 0.25) is 5.91 Å². The highest BCUT2D eigenvalue weighted by Gasteiger charge is 2.22. The number of halogens is 1. The maximum Gasteiger partial charge on any atom is 0.411 e. The van der Waals surface area contributed by atoms with E-state index in [4.69, 9.17) is 16.3 Å². The van der Waals surface area contributed by atoms with Gasteiger partial charge < -0.3 is 14.8 Å². The predicted molar refractivity (Wildman–Crippen MR) is 181 cm³/mol. The molecule has 15 heteroatoms. The van der Waals surface area contributed by atoms with Gasteiger partial charge in [0.1, 0.15) is 12.9 Å². The number of hydrogen-bond donors (Lipinski definition) is 4. The molecule has 1 aliphatic heterocycles. The van der Waals surface area contributed by atoms with Crippen LogP contribution >= 0.6 is 11.6 Å². The Morgan fingerprint density at radius 1 is 1.00 bits per heavy atom.